The molecule has 0 aromatic rings. The molecule has 1 rings (SSSR count). The number of hydrogen-bond acceptors (Lipinski definition) is 3. The number of nitrogens with zero attached hydrogens (tertiary/aromatic N) is 1. The van der Waals surface area contributed by atoms with Crippen LogP contribution >= 0.6 is 0 Å². The Morgan fingerprint density at radius 2 is 1.94 bits per heavy atom. The highest BCUT2D eigenvalue weighted by molar-refractivity contribution is 4.77. The van der Waals surface area contributed by atoms with Gasteiger partial charge in [0.05, 0.1) is 6.61 Å². The summed E-state index contributed by atoms with van der Waals surface area (Å²) in [7, 11) is 2.18. The van der Waals surface area contributed by atoms with Crippen molar-refractivity contribution >= 4 is 0 Å². The van der Waals surface area contributed by atoms with Crippen LogP contribution in [0.1, 0.15) is 39.5 Å². The predicted octanol–water partition coefficient (Wildman–Crippen LogP) is 2.11. The Morgan fingerprint density at radius 1 is 1.29 bits per heavy atom. The number of ether oxygens (including phenoxy) is 1. The van der Waals surface area contributed by atoms with Crippen LogP contribution in [0.2, 0.25) is 0 Å². The first kappa shape index (κ1) is 14.9. The standard InChI is InChI=1S/C14H30N2O/c1-4-13(5-2)14(10-15)16(3)8-9-17-11-12-6-7-12/h12-14H,4-11,15H2,1-3H3. The Bertz CT molecular complexity index is 191. The molecule has 1 unspecified atom stereocenters. The molecule has 1 atom stereocenters. The van der Waals surface area contributed by atoms with E-state index in [0.717, 1.165) is 32.2 Å². The summed E-state index contributed by atoms with van der Waals surface area (Å²) in [5, 5.41) is 0. The van der Waals surface area contributed by atoms with E-state index in [1.807, 2.05) is 0 Å². The first-order chi connectivity index (χ1) is 8.22. The van der Waals surface area contributed by atoms with Gasteiger partial charge in [0.25, 0.3) is 0 Å². The van der Waals surface area contributed by atoms with Crippen LogP contribution in [0.4, 0.5) is 0 Å². The van der Waals surface area contributed by atoms with Gasteiger partial charge in [0.15, 0.2) is 0 Å². The fraction of sp³-hybridized carbons (Fsp3) is 1.00. The minimum atomic E-state index is 0.509. The summed E-state index contributed by atoms with van der Waals surface area (Å²) in [5.41, 5.74) is 5.91. The van der Waals surface area contributed by atoms with Crippen LogP contribution in [0.3, 0.4) is 0 Å². The summed E-state index contributed by atoms with van der Waals surface area (Å²) < 4.78 is 5.69. The molecule has 1 aliphatic carbocycles. The molecule has 0 saturated heterocycles. The van der Waals surface area contributed by atoms with Gasteiger partial charge in [-0.05, 0) is 31.7 Å². The van der Waals surface area contributed by atoms with Crippen LogP contribution < -0.4 is 5.73 Å². The number of rotatable bonds is 10. The Morgan fingerprint density at radius 3 is 2.41 bits per heavy atom. The molecule has 1 aliphatic rings. The SMILES string of the molecule is CCC(CC)C(CN)N(C)CCOCC1CC1. The lowest BCUT2D eigenvalue weighted by molar-refractivity contribution is 0.0794. The van der Waals surface area contributed by atoms with Crippen LogP contribution in [0.5, 0.6) is 0 Å². The maximum atomic E-state index is 5.91. The third kappa shape index (κ3) is 5.36. The summed E-state index contributed by atoms with van der Waals surface area (Å²) in [6, 6.07) is 0.509. The number of hydrogen-bond donors (Lipinski definition) is 1. The van der Waals surface area contributed by atoms with Gasteiger partial charge >= 0.3 is 0 Å². The third-order valence-corrected chi connectivity index (χ3v) is 4.04. The predicted molar refractivity (Wildman–Crippen MR) is 73.1 cm³/mol. The van der Waals surface area contributed by atoms with E-state index >= 15 is 0 Å². The number of likely N-dealkylation sites (N-methyl/N-ethyl adjacent to an activating group) is 1. The van der Waals surface area contributed by atoms with Crippen molar-refractivity contribution in [1.29, 1.82) is 0 Å². The molecular weight excluding hydrogens is 212 g/mol. The summed E-state index contributed by atoms with van der Waals surface area (Å²) in [6.45, 7) is 8.09. The lowest BCUT2D eigenvalue weighted by atomic mass is 9.93. The molecule has 102 valence electrons. The van der Waals surface area contributed by atoms with Gasteiger partial charge in [-0.15, -0.1) is 0 Å². The maximum Gasteiger partial charge on any atom is 0.0593 e. The molecule has 2 N–H and O–H groups in total. The van der Waals surface area contributed by atoms with E-state index in [9.17, 15) is 0 Å². The zero-order valence-corrected chi connectivity index (χ0v) is 11.8. The summed E-state index contributed by atoms with van der Waals surface area (Å²) in [6.07, 6.45) is 5.17. The molecule has 0 bridgehead atoms. The van der Waals surface area contributed by atoms with Crippen molar-refractivity contribution < 1.29 is 4.74 Å². The lowest BCUT2D eigenvalue weighted by Crippen LogP contribution is -2.44. The van der Waals surface area contributed by atoms with E-state index in [2.05, 4.69) is 25.8 Å². The average molecular weight is 242 g/mol. The topological polar surface area (TPSA) is 38.5 Å². The molecule has 1 saturated carbocycles. The third-order valence-electron chi connectivity index (χ3n) is 4.04. The molecule has 3 heteroatoms. The van der Waals surface area contributed by atoms with Gasteiger partial charge in [-0.25, -0.2) is 0 Å². The summed E-state index contributed by atoms with van der Waals surface area (Å²) in [5.74, 6) is 1.58. The highest BCUT2D eigenvalue weighted by Gasteiger charge is 2.23. The van der Waals surface area contributed by atoms with Crippen molar-refractivity contribution in [3.8, 4) is 0 Å². The molecule has 0 amide bonds. The second-order valence-corrected chi connectivity index (χ2v) is 5.38. The molecule has 0 aromatic heterocycles. The Kier molecular flexibility index (Phi) is 7.09. The highest BCUT2D eigenvalue weighted by atomic mass is 16.5. The monoisotopic (exact) mass is 242 g/mol. The number of nitrogens with two attached hydrogens (primary N) is 1. The van der Waals surface area contributed by atoms with Gasteiger partial charge in [-0.2, -0.15) is 0 Å². The van der Waals surface area contributed by atoms with Crippen LogP contribution in [0, 0.1) is 11.8 Å². The van der Waals surface area contributed by atoms with Gasteiger partial charge in [-0.1, -0.05) is 26.7 Å². The second-order valence-electron chi connectivity index (χ2n) is 5.38. The van der Waals surface area contributed by atoms with Gasteiger partial charge in [0.2, 0.25) is 0 Å². The van der Waals surface area contributed by atoms with Gasteiger partial charge in [-0.3, -0.25) is 4.90 Å². The molecule has 0 radical (unpaired) electrons. The molecular formula is C14H30N2O. The molecule has 17 heavy (non-hydrogen) atoms. The van der Waals surface area contributed by atoms with E-state index in [4.69, 9.17) is 10.5 Å². The maximum absolute atomic E-state index is 5.91. The zero-order chi connectivity index (χ0) is 12.7. The normalized spacial score (nSPS) is 18.0. The lowest BCUT2D eigenvalue weighted by Gasteiger charge is -2.32. The first-order valence-corrected chi connectivity index (χ1v) is 7.20. The van der Waals surface area contributed by atoms with Crippen LogP contribution in [0.25, 0.3) is 0 Å². The van der Waals surface area contributed by atoms with E-state index < -0.39 is 0 Å². The second kappa shape index (κ2) is 8.06. The largest absolute Gasteiger partial charge is 0.380 e. The molecule has 1 fully saturated rings. The quantitative estimate of drug-likeness (QED) is 0.596. The Labute approximate surface area is 107 Å². The first-order valence-electron chi connectivity index (χ1n) is 7.20. The van der Waals surface area contributed by atoms with E-state index in [0.29, 0.717) is 12.0 Å². The fourth-order valence-corrected chi connectivity index (χ4v) is 2.47. The summed E-state index contributed by atoms with van der Waals surface area (Å²) >= 11 is 0. The highest BCUT2D eigenvalue weighted by Crippen LogP contribution is 2.28. The Balaban J connectivity index is 2.18. The van der Waals surface area contributed by atoms with Gasteiger partial charge in [0, 0.05) is 25.7 Å². The average Bonchev–Trinajstić information content (AvgIpc) is 3.15. The Hall–Kier alpha value is -0.120. The van der Waals surface area contributed by atoms with Crippen LogP contribution in [-0.4, -0.2) is 44.3 Å². The van der Waals surface area contributed by atoms with Crippen molar-refractivity contribution in [1.82, 2.24) is 4.90 Å². The van der Waals surface area contributed by atoms with Crippen molar-refractivity contribution in [3.05, 3.63) is 0 Å². The summed E-state index contributed by atoms with van der Waals surface area (Å²) in [4.78, 5) is 2.38. The van der Waals surface area contributed by atoms with Crippen LogP contribution in [-0.2, 0) is 4.74 Å². The minimum Gasteiger partial charge on any atom is -0.380 e. The molecule has 0 aliphatic heterocycles. The van der Waals surface area contributed by atoms with Gasteiger partial charge in [0.1, 0.15) is 0 Å². The molecule has 0 aromatic carbocycles. The van der Waals surface area contributed by atoms with E-state index in [1.54, 1.807) is 0 Å². The smallest absolute Gasteiger partial charge is 0.0593 e. The van der Waals surface area contributed by atoms with Crippen molar-refractivity contribution in [2.24, 2.45) is 17.6 Å². The van der Waals surface area contributed by atoms with Crippen molar-refractivity contribution in [2.45, 2.75) is 45.6 Å². The van der Waals surface area contributed by atoms with E-state index in [1.165, 1.54) is 25.7 Å². The van der Waals surface area contributed by atoms with E-state index in [-0.39, 0.29) is 0 Å². The van der Waals surface area contributed by atoms with Crippen LogP contribution in [0.15, 0.2) is 0 Å². The van der Waals surface area contributed by atoms with Crippen molar-refractivity contribution in [3.63, 3.8) is 0 Å². The molecule has 0 heterocycles. The van der Waals surface area contributed by atoms with Crippen molar-refractivity contribution in [2.75, 3.05) is 33.4 Å². The molecule has 0 spiro atoms. The zero-order valence-electron chi connectivity index (χ0n) is 11.8. The minimum absolute atomic E-state index is 0.509. The fourth-order valence-electron chi connectivity index (χ4n) is 2.47. The molecule has 3 nitrogen and oxygen atoms in total. The van der Waals surface area contributed by atoms with Gasteiger partial charge < -0.3 is 10.5 Å².